The lowest BCUT2D eigenvalue weighted by atomic mass is 9.87. The van der Waals surface area contributed by atoms with Crippen molar-refractivity contribution in [2.75, 3.05) is 39.1 Å². The lowest BCUT2D eigenvalue weighted by Gasteiger charge is -2.28. The van der Waals surface area contributed by atoms with Gasteiger partial charge in [0.05, 0.1) is 34.3 Å². The largest absolute Gasteiger partial charge is 0.373 e. The number of aliphatic imine (C=N–C) groups is 1. The number of likely N-dealkylation sites (N-methyl/N-ethyl adjacent to an activating group) is 2. The minimum atomic E-state index is -0.402. The molecule has 35 heavy (non-hydrogen) atoms. The van der Waals surface area contributed by atoms with E-state index in [2.05, 4.69) is 50.5 Å². The molecule has 2 aliphatic rings. The minimum absolute atomic E-state index is 0.402. The van der Waals surface area contributed by atoms with E-state index >= 15 is 0 Å². The molecule has 1 fully saturated rings. The lowest BCUT2D eigenvalue weighted by Crippen LogP contribution is -2.30. The Balaban J connectivity index is 1.58. The van der Waals surface area contributed by atoms with Gasteiger partial charge in [0.25, 0.3) is 5.91 Å². The van der Waals surface area contributed by atoms with Crippen molar-refractivity contribution in [3.8, 4) is 11.1 Å². The third kappa shape index (κ3) is 4.45. The predicted molar refractivity (Wildman–Crippen MR) is 144 cm³/mol. The molecule has 2 atom stereocenters. The van der Waals surface area contributed by atoms with Crippen molar-refractivity contribution < 1.29 is 4.79 Å². The molecule has 5 rings (SSSR count). The fourth-order valence-corrected chi connectivity index (χ4v) is 5.70. The molecule has 7 heteroatoms. The molecule has 0 bridgehead atoms. The highest BCUT2D eigenvalue weighted by Gasteiger charge is 2.26. The van der Waals surface area contributed by atoms with Gasteiger partial charge in [-0.15, -0.1) is 0 Å². The van der Waals surface area contributed by atoms with Gasteiger partial charge in [0, 0.05) is 44.4 Å². The number of hydrogen-bond acceptors (Lipinski definition) is 5. The number of benzene rings is 2. The molecule has 1 aromatic heterocycles. The average Bonchev–Trinajstić information content (AvgIpc) is 3.48. The monoisotopic (exact) mass is 472 g/mol. The molecule has 2 aromatic carbocycles. The maximum atomic E-state index is 12.5. The van der Waals surface area contributed by atoms with Gasteiger partial charge in [-0.1, -0.05) is 25.8 Å². The Labute approximate surface area is 207 Å². The second kappa shape index (κ2) is 9.46. The van der Waals surface area contributed by atoms with Gasteiger partial charge in [0.2, 0.25) is 0 Å². The van der Waals surface area contributed by atoms with Crippen molar-refractivity contribution in [1.29, 1.82) is 0 Å². The van der Waals surface area contributed by atoms with E-state index in [1.54, 1.807) is 0 Å². The Kier molecular flexibility index (Phi) is 6.36. The fraction of sp³-hybridized carbons (Fsp3) is 0.464. The molecule has 184 valence electrons. The van der Waals surface area contributed by atoms with Crippen molar-refractivity contribution in [3.63, 3.8) is 0 Å². The first kappa shape index (κ1) is 23.5. The van der Waals surface area contributed by atoms with E-state index in [1.165, 1.54) is 31.2 Å². The lowest BCUT2D eigenvalue weighted by molar-refractivity contribution is 0.1000. The zero-order valence-electron chi connectivity index (χ0n) is 21.3. The van der Waals surface area contributed by atoms with Crippen molar-refractivity contribution in [2.24, 2.45) is 16.6 Å². The molecule has 2 heterocycles. The van der Waals surface area contributed by atoms with Gasteiger partial charge in [0.1, 0.15) is 0 Å². The van der Waals surface area contributed by atoms with Gasteiger partial charge >= 0.3 is 0 Å². The predicted octanol–water partition coefficient (Wildman–Crippen LogP) is 4.81. The van der Waals surface area contributed by atoms with E-state index in [4.69, 9.17) is 10.7 Å². The molecule has 1 saturated carbocycles. The van der Waals surface area contributed by atoms with E-state index in [1.807, 2.05) is 33.7 Å². The molecule has 0 radical (unpaired) electrons. The molecular weight excluding hydrogens is 436 g/mol. The highest BCUT2D eigenvalue weighted by molar-refractivity contribution is 6.06. The number of hydrogen-bond donors (Lipinski definition) is 1. The number of nitrogens with zero attached hydrogens (tertiary/aromatic N) is 5. The number of fused-ring (bicyclic) bond motifs is 2. The van der Waals surface area contributed by atoms with Crippen LogP contribution in [0.1, 0.15) is 54.6 Å². The van der Waals surface area contributed by atoms with Gasteiger partial charge < -0.3 is 20.1 Å². The van der Waals surface area contributed by atoms with Crippen LogP contribution in [0, 0.1) is 5.92 Å². The SMILES string of the molecule is C[C@H]1CCCC(n2cnc3cc(-c4cc(N(C)CCN(C)C)c(C(N)=O)c5c4N=CC5)ccc32)C1. The van der Waals surface area contributed by atoms with E-state index in [-0.39, 0.29) is 0 Å². The van der Waals surface area contributed by atoms with Crippen LogP contribution in [0.2, 0.25) is 0 Å². The Morgan fingerprint density at radius 1 is 1.17 bits per heavy atom. The number of carbonyl (C=O) groups is 1. The van der Waals surface area contributed by atoms with E-state index in [0.717, 1.165) is 52.6 Å². The number of anilines is 1. The minimum Gasteiger partial charge on any atom is -0.373 e. The number of primary amides is 1. The van der Waals surface area contributed by atoms with Crippen LogP contribution in [0.4, 0.5) is 11.4 Å². The molecule has 1 amide bonds. The van der Waals surface area contributed by atoms with Crippen LogP contribution in [0.5, 0.6) is 0 Å². The number of carbonyl (C=O) groups excluding carboxylic acids is 1. The normalized spacial score (nSPS) is 19.5. The van der Waals surface area contributed by atoms with Crippen LogP contribution in [-0.4, -0.2) is 60.8 Å². The highest BCUT2D eigenvalue weighted by atomic mass is 16.1. The van der Waals surface area contributed by atoms with Crippen LogP contribution in [0.15, 0.2) is 35.6 Å². The maximum absolute atomic E-state index is 12.5. The quantitative estimate of drug-likeness (QED) is 0.535. The molecule has 1 unspecified atom stereocenters. The van der Waals surface area contributed by atoms with Gasteiger partial charge in [-0.25, -0.2) is 4.98 Å². The number of amides is 1. The zero-order valence-corrected chi connectivity index (χ0v) is 21.3. The summed E-state index contributed by atoms with van der Waals surface area (Å²) in [6, 6.07) is 9.13. The van der Waals surface area contributed by atoms with Crippen LogP contribution in [0.25, 0.3) is 22.2 Å². The standard InChI is InChI=1S/C28H36N6O/c1-18-6-5-7-20(14-18)34-17-31-23-15-19(8-9-24(23)34)22-16-25(33(4)13-12-32(2)3)26(28(29)35)21-10-11-30-27(21)22/h8-9,11,15-18,20H,5-7,10,12-14H2,1-4H3,(H2,29,35)/t18-,20?/m0/s1. The number of imidazole rings is 1. The van der Waals surface area contributed by atoms with Gasteiger partial charge in [-0.2, -0.15) is 0 Å². The van der Waals surface area contributed by atoms with Crippen LogP contribution >= 0.6 is 0 Å². The van der Waals surface area contributed by atoms with E-state index in [9.17, 15) is 4.79 Å². The summed E-state index contributed by atoms with van der Waals surface area (Å²) in [6.07, 6.45) is 9.55. The van der Waals surface area contributed by atoms with Crippen molar-refractivity contribution in [3.05, 3.63) is 41.7 Å². The fourth-order valence-electron chi connectivity index (χ4n) is 5.70. The molecule has 2 N–H and O–H groups in total. The Bertz CT molecular complexity index is 1290. The second-order valence-corrected chi connectivity index (χ2v) is 10.5. The summed E-state index contributed by atoms with van der Waals surface area (Å²) in [5.74, 6) is 0.360. The molecule has 0 spiro atoms. The summed E-state index contributed by atoms with van der Waals surface area (Å²) in [7, 11) is 6.12. The zero-order chi connectivity index (χ0) is 24.7. The summed E-state index contributed by atoms with van der Waals surface area (Å²) < 4.78 is 2.37. The van der Waals surface area contributed by atoms with Crippen molar-refractivity contribution in [1.82, 2.24) is 14.5 Å². The third-order valence-electron chi connectivity index (χ3n) is 7.62. The maximum Gasteiger partial charge on any atom is 0.251 e. The molecule has 7 nitrogen and oxygen atoms in total. The van der Waals surface area contributed by atoms with Crippen molar-refractivity contribution in [2.45, 2.75) is 45.1 Å². The van der Waals surface area contributed by atoms with Crippen LogP contribution in [0.3, 0.4) is 0 Å². The van der Waals surface area contributed by atoms with E-state index in [0.29, 0.717) is 18.0 Å². The first-order valence-electron chi connectivity index (χ1n) is 12.7. The van der Waals surface area contributed by atoms with Gasteiger partial charge in [0.15, 0.2) is 0 Å². The summed E-state index contributed by atoms with van der Waals surface area (Å²) >= 11 is 0. The Morgan fingerprint density at radius 3 is 2.74 bits per heavy atom. The number of nitrogens with two attached hydrogens (primary N) is 1. The van der Waals surface area contributed by atoms with E-state index < -0.39 is 5.91 Å². The first-order valence-corrected chi connectivity index (χ1v) is 12.7. The van der Waals surface area contributed by atoms with Crippen LogP contribution in [-0.2, 0) is 6.42 Å². The molecular formula is C28H36N6O. The number of rotatable bonds is 7. The summed E-state index contributed by atoms with van der Waals surface area (Å²) in [5.41, 5.74) is 13.4. The highest BCUT2D eigenvalue weighted by Crippen LogP contribution is 2.43. The Morgan fingerprint density at radius 2 is 2.00 bits per heavy atom. The van der Waals surface area contributed by atoms with Gasteiger partial charge in [-0.05, 0) is 62.2 Å². The van der Waals surface area contributed by atoms with Crippen LogP contribution < -0.4 is 10.6 Å². The summed E-state index contributed by atoms with van der Waals surface area (Å²) in [5, 5.41) is 0. The smallest absolute Gasteiger partial charge is 0.251 e. The van der Waals surface area contributed by atoms with Gasteiger partial charge in [-0.3, -0.25) is 9.79 Å². The second-order valence-electron chi connectivity index (χ2n) is 10.5. The topological polar surface area (TPSA) is 79.8 Å². The molecule has 1 aliphatic heterocycles. The summed E-state index contributed by atoms with van der Waals surface area (Å²) in [4.78, 5) is 26.3. The Hall–Kier alpha value is -3.19. The molecule has 1 aliphatic carbocycles. The number of aromatic nitrogens is 2. The summed E-state index contributed by atoms with van der Waals surface area (Å²) in [6.45, 7) is 4.02. The average molecular weight is 473 g/mol. The first-order chi connectivity index (χ1) is 16.8. The molecule has 3 aromatic rings. The molecule has 0 saturated heterocycles. The van der Waals surface area contributed by atoms with Crippen molar-refractivity contribution >= 4 is 34.5 Å². The third-order valence-corrected chi connectivity index (χ3v) is 7.62.